The molecule has 0 bridgehead atoms. The van der Waals surface area contributed by atoms with E-state index in [1.165, 1.54) is 0 Å². The first kappa shape index (κ1) is 11.9. The van der Waals surface area contributed by atoms with Gasteiger partial charge in [0.1, 0.15) is 0 Å². The zero-order chi connectivity index (χ0) is 9.07. The minimum atomic E-state index is 0.598. The number of nitrogens with two attached hydrogens (primary N) is 1. The fraction of sp³-hybridized carbons (Fsp3) is 1.00. The van der Waals surface area contributed by atoms with Gasteiger partial charge in [-0.1, -0.05) is 0 Å². The lowest BCUT2D eigenvalue weighted by molar-refractivity contribution is 0.0882. The zero-order valence-corrected chi connectivity index (χ0v) is 7.84. The second-order valence-electron chi connectivity index (χ2n) is 2.47. The summed E-state index contributed by atoms with van der Waals surface area (Å²) in [6.45, 7) is 4.44. The first-order chi connectivity index (χ1) is 5.91. The van der Waals surface area contributed by atoms with Gasteiger partial charge in [0, 0.05) is 26.3 Å². The predicted molar refractivity (Wildman–Crippen MR) is 51.9 cm³/mol. The minimum Gasteiger partial charge on any atom is -0.380 e. The van der Waals surface area contributed by atoms with Crippen LogP contribution >= 0.6 is 0 Å². The third-order valence-electron chi connectivity index (χ3n) is 1.34. The van der Waals surface area contributed by atoms with Crippen LogP contribution < -0.4 is 11.0 Å². The van der Waals surface area contributed by atoms with Crippen LogP contribution in [-0.2, 0) is 9.47 Å². The lowest BCUT2D eigenvalue weighted by Gasteiger charge is -2.04. The van der Waals surface area contributed by atoms with Crippen LogP contribution in [-0.4, -0.2) is 47.5 Å². The van der Waals surface area contributed by atoms with Gasteiger partial charge in [0.15, 0.2) is 7.98 Å². The quantitative estimate of drug-likeness (QED) is 0.330. The van der Waals surface area contributed by atoms with Crippen molar-refractivity contribution in [1.82, 2.24) is 5.23 Å². The Balaban J connectivity index is 2.73. The molecule has 0 saturated carbocycles. The van der Waals surface area contributed by atoms with Crippen LogP contribution in [0.1, 0.15) is 6.42 Å². The molecule has 0 spiro atoms. The monoisotopic (exact) mass is 174 g/mol. The summed E-state index contributed by atoms with van der Waals surface area (Å²) in [6, 6.07) is 0. The van der Waals surface area contributed by atoms with Gasteiger partial charge in [-0.25, -0.2) is 0 Å². The fourth-order valence-corrected chi connectivity index (χ4v) is 0.725. The molecule has 0 aliphatic rings. The Kier molecular flexibility index (Phi) is 10.8. The molecular formula is C7H19BN2O2. The van der Waals surface area contributed by atoms with E-state index in [0.717, 1.165) is 32.8 Å². The summed E-state index contributed by atoms with van der Waals surface area (Å²) in [5, 5.41) is 3.01. The number of nitrogens with one attached hydrogen (secondary N) is 1. The van der Waals surface area contributed by atoms with Crippen LogP contribution in [0.15, 0.2) is 0 Å². The molecule has 0 aliphatic carbocycles. The minimum absolute atomic E-state index is 0.598. The van der Waals surface area contributed by atoms with E-state index in [-0.39, 0.29) is 0 Å². The molecule has 0 aromatic heterocycles. The third kappa shape index (κ3) is 9.90. The van der Waals surface area contributed by atoms with E-state index in [1.54, 1.807) is 0 Å². The zero-order valence-electron chi connectivity index (χ0n) is 7.84. The summed E-state index contributed by atoms with van der Waals surface area (Å²) in [7, 11) is 1.91. The van der Waals surface area contributed by atoms with Crippen LogP contribution in [0.25, 0.3) is 0 Å². The second-order valence-corrected chi connectivity index (χ2v) is 2.47. The first-order valence-electron chi connectivity index (χ1n) is 4.42. The fourth-order valence-electron chi connectivity index (χ4n) is 0.725. The molecule has 5 heteroatoms. The maximum Gasteiger partial charge on any atom is 0.182 e. The second kappa shape index (κ2) is 10.9. The highest BCUT2D eigenvalue weighted by atomic mass is 16.5. The van der Waals surface area contributed by atoms with Crippen LogP contribution in [0, 0.1) is 0 Å². The van der Waals surface area contributed by atoms with Gasteiger partial charge in [-0.15, -0.1) is 0 Å². The molecule has 0 aliphatic heterocycles. The number of rotatable bonds is 9. The Bertz CT molecular complexity index is 75.8. The Morgan fingerprint density at radius 1 is 1.08 bits per heavy atom. The van der Waals surface area contributed by atoms with E-state index in [9.17, 15) is 0 Å². The molecule has 0 atom stereocenters. The average molecular weight is 174 g/mol. The summed E-state index contributed by atoms with van der Waals surface area (Å²) < 4.78 is 10.4. The highest BCUT2D eigenvalue weighted by molar-refractivity contribution is 6.04. The van der Waals surface area contributed by atoms with Gasteiger partial charge in [-0.3, -0.25) is 0 Å². The maximum atomic E-state index is 5.28. The van der Waals surface area contributed by atoms with Crippen LogP contribution in [0.3, 0.4) is 0 Å². The van der Waals surface area contributed by atoms with Crippen molar-refractivity contribution in [2.45, 2.75) is 6.42 Å². The Labute approximate surface area is 75.2 Å². The predicted octanol–water partition coefficient (Wildman–Crippen LogP) is -1.49. The molecule has 0 aromatic carbocycles. The molecule has 0 aromatic rings. The van der Waals surface area contributed by atoms with Crippen LogP contribution in [0.2, 0.25) is 0 Å². The largest absolute Gasteiger partial charge is 0.380 e. The summed E-state index contributed by atoms with van der Waals surface area (Å²) >= 11 is 0. The highest BCUT2D eigenvalue weighted by Crippen LogP contribution is 1.83. The normalized spacial score (nSPS) is 10.4. The molecule has 72 valence electrons. The van der Waals surface area contributed by atoms with Gasteiger partial charge in [0.25, 0.3) is 0 Å². The van der Waals surface area contributed by atoms with E-state index >= 15 is 0 Å². The van der Waals surface area contributed by atoms with Crippen molar-refractivity contribution in [2.75, 3.05) is 39.5 Å². The van der Waals surface area contributed by atoms with Gasteiger partial charge >= 0.3 is 0 Å². The molecule has 0 heterocycles. The van der Waals surface area contributed by atoms with Crippen molar-refractivity contribution < 1.29 is 9.47 Å². The van der Waals surface area contributed by atoms with Crippen LogP contribution in [0.4, 0.5) is 0 Å². The summed E-state index contributed by atoms with van der Waals surface area (Å²) in [5.74, 6) is 0. The smallest absolute Gasteiger partial charge is 0.182 e. The van der Waals surface area contributed by atoms with Gasteiger partial charge in [0.05, 0.1) is 13.2 Å². The molecule has 4 nitrogen and oxygen atoms in total. The maximum absolute atomic E-state index is 5.28. The molecule has 12 heavy (non-hydrogen) atoms. The first-order valence-corrected chi connectivity index (χ1v) is 4.42. The van der Waals surface area contributed by atoms with E-state index < -0.39 is 0 Å². The van der Waals surface area contributed by atoms with Crippen LogP contribution in [0.5, 0.6) is 0 Å². The van der Waals surface area contributed by atoms with Crippen molar-refractivity contribution in [2.24, 2.45) is 5.73 Å². The van der Waals surface area contributed by atoms with E-state index in [0.29, 0.717) is 13.2 Å². The lowest BCUT2D eigenvalue weighted by atomic mass is 10.4. The van der Waals surface area contributed by atoms with Crippen molar-refractivity contribution in [1.29, 1.82) is 0 Å². The average Bonchev–Trinajstić information content (AvgIpc) is 2.10. The molecule has 0 radical (unpaired) electrons. The van der Waals surface area contributed by atoms with E-state index in [1.807, 2.05) is 7.98 Å². The van der Waals surface area contributed by atoms with Gasteiger partial charge in [-0.2, -0.15) is 0 Å². The van der Waals surface area contributed by atoms with Gasteiger partial charge in [0.2, 0.25) is 0 Å². The Hall–Kier alpha value is -0.0951. The van der Waals surface area contributed by atoms with Gasteiger partial charge in [-0.05, 0) is 6.42 Å². The lowest BCUT2D eigenvalue weighted by Crippen LogP contribution is -2.16. The SMILES string of the molecule is BNCCOCCCOCCN. The molecular weight excluding hydrogens is 155 g/mol. The summed E-state index contributed by atoms with van der Waals surface area (Å²) in [4.78, 5) is 0. The van der Waals surface area contributed by atoms with Gasteiger partial charge < -0.3 is 20.4 Å². The van der Waals surface area contributed by atoms with E-state index in [2.05, 4.69) is 5.23 Å². The van der Waals surface area contributed by atoms with Crippen molar-refractivity contribution in [3.8, 4) is 0 Å². The number of hydrogen-bond donors (Lipinski definition) is 2. The topological polar surface area (TPSA) is 56.5 Å². The van der Waals surface area contributed by atoms with Crippen molar-refractivity contribution in [3.63, 3.8) is 0 Å². The number of hydrogen-bond acceptors (Lipinski definition) is 4. The molecule has 0 rings (SSSR count). The van der Waals surface area contributed by atoms with Crippen molar-refractivity contribution >= 4 is 7.98 Å². The Morgan fingerprint density at radius 2 is 1.75 bits per heavy atom. The molecule has 0 saturated heterocycles. The molecule has 0 amide bonds. The Morgan fingerprint density at radius 3 is 2.33 bits per heavy atom. The third-order valence-corrected chi connectivity index (χ3v) is 1.34. The van der Waals surface area contributed by atoms with Crippen molar-refractivity contribution in [3.05, 3.63) is 0 Å². The van der Waals surface area contributed by atoms with E-state index in [4.69, 9.17) is 15.2 Å². The molecule has 0 unspecified atom stereocenters. The molecule has 3 N–H and O–H groups in total. The highest BCUT2D eigenvalue weighted by Gasteiger charge is 1.88. The standard InChI is InChI=1S/C7H19BN2O2/c8-10-3-7-12-5-1-4-11-6-2-9/h10H,1-9H2. The molecule has 0 fully saturated rings. The summed E-state index contributed by atoms with van der Waals surface area (Å²) in [6.07, 6.45) is 0.948. The number of ether oxygens (including phenoxy) is 2. The summed E-state index contributed by atoms with van der Waals surface area (Å²) in [5.41, 5.74) is 5.24.